The Morgan fingerprint density at radius 2 is 2.31 bits per heavy atom. The summed E-state index contributed by atoms with van der Waals surface area (Å²) in [6.07, 6.45) is 5.45. The van der Waals surface area contributed by atoms with Gasteiger partial charge in [-0.1, -0.05) is 32.1 Å². The quantitative estimate of drug-likeness (QED) is 0.535. The van der Waals surface area contributed by atoms with Gasteiger partial charge in [0.15, 0.2) is 0 Å². The lowest BCUT2D eigenvalue weighted by molar-refractivity contribution is -0.136. The van der Waals surface area contributed by atoms with Crippen molar-refractivity contribution in [1.82, 2.24) is 0 Å². The van der Waals surface area contributed by atoms with Crippen molar-refractivity contribution < 1.29 is 14.6 Å². The highest BCUT2D eigenvalue weighted by Crippen LogP contribution is 2.23. The van der Waals surface area contributed by atoms with E-state index in [4.69, 9.17) is 5.11 Å². The summed E-state index contributed by atoms with van der Waals surface area (Å²) < 4.78 is 4.46. The molecule has 1 aliphatic rings. The highest BCUT2D eigenvalue weighted by atomic mass is 16.6. The summed E-state index contributed by atoms with van der Waals surface area (Å²) in [6.45, 7) is 5.55. The summed E-state index contributed by atoms with van der Waals surface area (Å²) in [7, 11) is 0. The summed E-state index contributed by atoms with van der Waals surface area (Å²) in [5.41, 5.74) is 0.600. The van der Waals surface area contributed by atoms with Crippen LogP contribution in [0.25, 0.3) is 0 Å². The molecule has 0 amide bonds. The van der Waals surface area contributed by atoms with E-state index in [-0.39, 0.29) is 11.5 Å². The molecular weight excluding hydrogens is 168 g/mol. The zero-order chi connectivity index (χ0) is 9.84. The van der Waals surface area contributed by atoms with Gasteiger partial charge in [-0.05, 0) is 6.42 Å². The van der Waals surface area contributed by atoms with Gasteiger partial charge in [0.25, 0.3) is 5.95 Å². The van der Waals surface area contributed by atoms with E-state index >= 15 is 0 Å². The van der Waals surface area contributed by atoms with Crippen LogP contribution in [0.3, 0.4) is 0 Å². The first-order chi connectivity index (χ1) is 6.16. The van der Waals surface area contributed by atoms with Gasteiger partial charge in [0.1, 0.15) is 0 Å². The fourth-order valence-electron chi connectivity index (χ4n) is 0.983. The average molecular weight is 180 g/mol. The molecule has 3 nitrogen and oxygen atoms in total. The van der Waals surface area contributed by atoms with Gasteiger partial charge in [0.2, 0.25) is 0 Å². The second-order valence-corrected chi connectivity index (χ2v) is 2.78. The molecule has 13 heavy (non-hydrogen) atoms. The molecule has 1 rings (SSSR count). The molecular formula is C10H12O3. The van der Waals surface area contributed by atoms with Crippen LogP contribution >= 0.6 is 0 Å². The van der Waals surface area contributed by atoms with Crippen LogP contribution in [-0.2, 0) is 9.53 Å². The summed E-state index contributed by atoms with van der Waals surface area (Å²) in [6, 6.07) is 0. The number of unbranched alkanes of at least 4 members (excludes halogenated alkanes) is 1. The third kappa shape index (κ3) is 1.99. The minimum Gasteiger partial charge on any atom is -0.480 e. The fourth-order valence-corrected chi connectivity index (χ4v) is 0.983. The normalized spacial score (nSPS) is 17.3. The van der Waals surface area contributed by atoms with Crippen molar-refractivity contribution in [2.45, 2.75) is 19.8 Å². The molecule has 0 aromatic rings. The number of aliphatic hydroxyl groups excluding tert-OH is 1. The van der Waals surface area contributed by atoms with Crippen molar-refractivity contribution >= 4 is 5.97 Å². The van der Waals surface area contributed by atoms with Crippen LogP contribution in [0, 0.1) is 0 Å². The number of hydrogen-bond acceptors (Lipinski definition) is 3. The highest BCUT2D eigenvalue weighted by molar-refractivity contribution is 5.97. The minimum atomic E-state index is -0.575. The number of cyclic esters (lactones) is 1. The lowest BCUT2D eigenvalue weighted by Crippen LogP contribution is -1.95. The molecule has 0 aromatic carbocycles. The molecule has 1 heterocycles. The first-order valence-corrected chi connectivity index (χ1v) is 4.18. The standard InChI is InChI=1S/C10H12O3/c1-3-4-5-6-8-7(2)9(11)13-10(8)12/h5-6,12H,2-4H2,1H3/b6-5+. The smallest absolute Gasteiger partial charge is 0.346 e. The van der Waals surface area contributed by atoms with Crippen LogP contribution in [0.15, 0.2) is 35.8 Å². The van der Waals surface area contributed by atoms with E-state index in [0.29, 0.717) is 5.57 Å². The zero-order valence-corrected chi connectivity index (χ0v) is 7.54. The molecule has 3 heteroatoms. The number of allylic oxidation sites excluding steroid dienone is 2. The molecule has 70 valence electrons. The molecule has 1 aliphatic heterocycles. The Morgan fingerprint density at radius 1 is 1.62 bits per heavy atom. The van der Waals surface area contributed by atoms with Gasteiger partial charge in [-0.25, -0.2) is 4.79 Å². The molecule has 0 saturated heterocycles. The predicted molar refractivity (Wildman–Crippen MR) is 48.9 cm³/mol. The number of hydrogen-bond donors (Lipinski definition) is 1. The molecule has 1 N–H and O–H groups in total. The average Bonchev–Trinajstić information content (AvgIpc) is 2.32. The number of esters is 1. The number of ether oxygens (including phenoxy) is 1. The van der Waals surface area contributed by atoms with E-state index in [1.807, 2.05) is 13.0 Å². The van der Waals surface area contributed by atoms with Crippen LogP contribution < -0.4 is 0 Å². The second-order valence-electron chi connectivity index (χ2n) is 2.78. The third-order valence-corrected chi connectivity index (χ3v) is 1.73. The van der Waals surface area contributed by atoms with Crippen LogP contribution in [0.4, 0.5) is 0 Å². The Hall–Kier alpha value is -1.51. The fraction of sp³-hybridized carbons (Fsp3) is 0.300. The van der Waals surface area contributed by atoms with Crippen LogP contribution in [0.5, 0.6) is 0 Å². The number of aliphatic hydroxyl groups is 1. The maximum atomic E-state index is 10.9. The summed E-state index contributed by atoms with van der Waals surface area (Å²) >= 11 is 0. The minimum absolute atomic E-state index is 0.213. The Kier molecular flexibility index (Phi) is 2.90. The summed E-state index contributed by atoms with van der Waals surface area (Å²) in [4.78, 5) is 10.9. The molecule has 0 saturated carbocycles. The van der Waals surface area contributed by atoms with Gasteiger partial charge in [0, 0.05) is 0 Å². The number of carbonyl (C=O) groups is 1. The number of rotatable bonds is 3. The van der Waals surface area contributed by atoms with E-state index in [1.54, 1.807) is 6.08 Å². The SMILES string of the molecule is C=C1C(=O)OC(O)=C1/C=C/CCC. The first-order valence-electron chi connectivity index (χ1n) is 4.18. The Labute approximate surface area is 77.0 Å². The van der Waals surface area contributed by atoms with Gasteiger partial charge >= 0.3 is 5.97 Å². The zero-order valence-electron chi connectivity index (χ0n) is 7.54. The van der Waals surface area contributed by atoms with Crippen molar-refractivity contribution in [1.29, 1.82) is 0 Å². The first kappa shape index (κ1) is 9.58. The highest BCUT2D eigenvalue weighted by Gasteiger charge is 2.25. The van der Waals surface area contributed by atoms with E-state index in [9.17, 15) is 4.79 Å². The Bertz CT molecular complexity index is 297. The van der Waals surface area contributed by atoms with E-state index in [1.165, 1.54) is 0 Å². The molecule has 0 unspecified atom stereocenters. The topological polar surface area (TPSA) is 46.5 Å². The van der Waals surface area contributed by atoms with Crippen LogP contribution in [-0.4, -0.2) is 11.1 Å². The lowest BCUT2D eigenvalue weighted by atomic mass is 10.1. The molecule has 0 radical (unpaired) electrons. The largest absolute Gasteiger partial charge is 0.480 e. The van der Waals surface area contributed by atoms with Gasteiger partial charge in [-0.15, -0.1) is 0 Å². The van der Waals surface area contributed by atoms with Gasteiger partial charge < -0.3 is 9.84 Å². The van der Waals surface area contributed by atoms with Crippen molar-refractivity contribution in [2.75, 3.05) is 0 Å². The van der Waals surface area contributed by atoms with Gasteiger partial charge in [0.05, 0.1) is 11.1 Å². The molecule has 0 aliphatic carbocycles. The Morgan fingerprint density at radius 3 is 2.77 bits per heavy atom. The summed E-state index contributed by atoms with van der Waals surface area (Å²) in [5.74, 6) is -0.920. The molecule has 0 spiro atoms. The maximum Gasteiger partial charge on any atom is 0.346 e. The van der Waals surface area contributed by atoms with Gasteiger partial charge in [-0.3, -0.25) is 0 Å². The molecule has 0 atom stereocenters. The van der Waals surface area contributed by atoms with Crippen molar-refractivity contribution in [3.63, 3.8) is 0 Å². The molecule has 0 fully saturated rings. The summed E-state index contributed by atoms with van der Waals surface area (Å²) in [5, 5.41) is 9.15. The second kappa shape index (κ2) is 3.94. The third-order valence-electron chi connectivity index (χ3n) is 1.73. The van der Waals surface area contributed by atoms with Crippen molar-refractivity contribution in [3.05, 3.63) is 35.8 Å². The van der Waals surface area contributed by atoms with Crippen molar-refractivity contribution in [3.8, 4) is 0 Å². The monoisotopic (exact) mass is 180 g/mol. The molecule has 0 bridgehead atoms. The maximum absolute atomic E-state index is 10.9. The molecule has 0 aromatic heterocycles. The van der Waals surface area contributed by atoms with Gasteiger partial charge in [-0.2, -0.15) is 0 Å². The van der Waals surface area contributed by atoms with E-state index in [2.05, 4.69) is 11.3 Å². The van der Waals surface area contributed by atoms with Crippen molar-refractivity contribution in [2.24, 2.45) is 0 Å². The van der Waals surface area contributed by atoms with E-state index < -0.39 is 5.97 Å². The Balaban J connectivity index is 2.74. The van der Waals surface area contributed by atoms with Crippen LogP contribution in [0.2, 0.25) is 0 Å². The lowest BCUT2D eigenvalue weighted by Gasteiger charge is -1.90. The van der Waals surface area contributed by atoms with E-state index in [0.717, 1.165) is 12.8 Å². The van der Waals surface area contributed by atoms with Crippen LogP contribution in [0.1, 0.15) is 19.8 Å². The number of carbonyl (C=O) groups excluding carboxylic acids is 1. The predicted octanol–water partition coefficient (Wildman–Crippen LogP) is 2.23.